The first kappa shape index (κ1) is 9.73. The summed E-state index contributed by atoms with van der Waals surface area (Å²) in [7, 11) is 0. The van der Waals surface area contributed by atoms with Crippen molar-refractivity contribution >= 4 is 27.8 Å². The van der Waals surface area contributed by atoms with Gasteiger partial charge in [0.2, 0.25) is 0 Å². The summed E-state index contributed by atoms with van der Waals surface area (Å²) >= 11 is 1.12. The first-order valence-corrected chi connectivity index (χ1v) is 4.48. The number of hydrogen-bond donors (Lipinski definition) is 2. The third kappa shape index (κ3) is 3.71. The zero-order valence-electron chi connectivity index (χ0n) is 7.19. The molecule has 0 saturated heterocycles. The first-order chi connectivity index (χ1) is 6.18. The Morgan fingerprint density at radius 1 is 1.62 bits per heavy atom. The van der Waals surface area contributed by atoms with E-state index in [0.29, 0.717) is 16.0 Å². The summed E-state index contributed by atoms with van der Waals surface area (Å²) in [5.41, 5.74) is 5.54. The highest BCUT2D eigenvalue weighted by atomic mass is 32.2. The van der Waals surface area contributed by atoms with Gasteiger partial charge >= 0.3 is 0 Å². The maximum absolute atomic E-state index is 7.17. The van der Waals surface area contributed by atoms with Gasteiger partial charge in [0, 0.05) is 6.20 Å². The standard InChI is InChI=1S/C8H10N4S/c1-6(9)13-8(10)12-7-4-2-3-5-11-7/h2-5,9H,1H3,(H2,10,11,12). The fourth-order valence-electron chi connectivity index (χ4n) is 0.712. The molecule has 1 aromatic heterocycles. The lowest BCUT2D eigenvalue weighted by molar-refractivity contribution is 1.27. The predicted octanol–water partition coefficient (Wildman–Crippen LogP) is 1.76. The van der Waals surface area contributed by atoms with Crippen LogP contribution in [0.2, 0.25) is 0 Å². The Balaban J connectivity index is 2.71. The topological polar surface area (TPSA) is 75.1 Å². The van der Waals surface area contributed by atoms with E-state index >= 15 is 0 Å². The van der Waals surface area contributed by atoms with Gasteiger partial charge in [0.1, 0.15) is 0 Å². The molecule has 3 N–H and O–H groups in total. The minimum absolute atomic E-state index is 0.339. The second-order valence-corrected chi connectivity index (χ2v) is 3.53. The smallest absolute Gasteiger partial charge is 0.166 e. The van der Waals surface area contributed by atoms with Crippen molar-refractivity contribution in [3.63, 3.8) is 0 Å². The van der Waals surface area contributed by atoms with Gasteiger partial charge in [-0.05, 0) is 30.8 Å². The summed E-state index contributed by atoms with van der Waals surface area (Å²) < 4.78 is 0. The molecule has 0 radical (unpaired) electrons. The molecular weight excluding hydrogens is 184 g/mol. The van der Waals surface area contributed by atoms with Crippen molar-refractivity contribution in [3.8, 4) is 0 Å². The SMILES string of the molecule is CC(=N)SC(N)=Nc1ccccn1. The second kappa shape index (κ2) is 4.61. The number of hydrogen-bond acceptors (Lipinski definition) is 4. The highest BCUT2D eigenvalue weighted by molar-refractivity contribution is 8.26. The molecule has 0 bridgehead atoms. The van der Waals surface area contributed by atoms with Crippen LogP contribution in [-0.2, 0) is 0 Å². The maximum Gasteiger partial charge on any atom is 0.166 e. The van der Waals surface area contributed by atoms with Crippen molar-refractivity contribution < 1.29 is 0 Å². The van der Waals surface area contributed by atoms with Crippen LogP contribution < -0.4 is 5.73 Å². The van der Waals surface area contributed by atoms with Gasteiger partial charge in [0.05, 0.1) is 5.04 Å². The Morgan fingerprint density at radius 3 is 2.92 bits per heavy atom. The third-order valence-electron chi connectivity index (χ3n) is 1.13. The zero-order valence-corrected chi connectivity index (χ0v) is 8.01. The fraction of sp³-hybridized carbons (Fsp3) is 0.125. The van der Waals surface area contributed by atoms with E-state index in [4.69, 9.17) is 11.1 Å². The van der Waals surface area contributed by atoms with Gasteiger partial charge in [0.25, 0.3) is 0 Å². The van der Waals surface area contributed by atoms with Crippen molar-refractivity contribution in [1.29, 1.82) is 5.41 Å². The van der Waals surface area contributed by atoms with Crippen LogP contribution in [0.5, 0.6) is 0 Å². The van der Waals surface area contributed by atoms with Gasteiger partial charge < -0.3 is 5.73 Å². The lowest BCUT2D eigenvalue weighted by atomic mass is 10.5. The van der Waals surface area contributed by atoms with Crippen LogP contribution in [0, 0.1) is 5.41 Å². The molecule has 0 unspecified atom stereocenters. The first-order valence-electron chi connectivity index (χ1n) is 3.66. The van der Waals surface area contributed by atoms with Gasteiger partial charge in [-0.3, -0.25) is 5.41 Å². The summed E-state index contributed by atoms with van der Waals surface area (Å²) in [4.78, 5) is 7.98. The van der Waals surface area contributed by atoms with E-state index < -0.39 is 0 Å². The lowest BCUT2D eigenvalue weighted by Gasteiger charge is -1.96. The van der Waals surface area contributed by atoms with Crippen LogP contribution in [0.15, 0.2) is 29.4 Å². The van der Waals surface area contributed by atoms with Crippen molar-refractivity contribution in [3.05, 3.63) is 24.4 Å². The number of nitrogens with zero attached hydrogens (tertiary/aromatic N) is 2. The highest BCUT2D eigenvalue weighted by Crippen LogP contribution is 2.09. The van der Waals surface area contributed by atoms with Crippen LogP contribution in [0.3, 0.4) is 0 Å². The summed E-state index contributed by atoms with van der Waals surface area (Å²) in [5.74, 6) is 0.564. The Bertz CT molecular complexity index is 320. The van der Waals surface area contributed by atoms with E-state index in [1.165, 1.54) is 0 Å². The summed E-state index contributed by atoms with van der Waals surface area (Å²) in [6, 6.07) is 5.40. The number of nitrogens with two attached hydrogens (primary N) is 1. The van der Waals surface area contributed by atoms with Crippen LogP contribution >= 0.6 is 11.8 Å². The summed E-state index contributed by atoms with van der Waals surface area (Å²) in [6.45, 7) is 1.66. The Labute approximate surface area is 80.8 Å². The maximum atomic E-state index is 7.17. The quantitative estimate of drug-likeness (QED) is 0.528. The Kier molecular flexibility index (Phi) is 3.45. The van der Waals surface area contributed by atoms with E-state index in [9.17, 15) is 0 Å². The molecule has 0 fully saturated rings. The number of aliphatic imine (C=N–C) groups is 1. The molecule has 0 aromatic carbocycles. The minimum atomic E-state index is 0.339. The molecule has 0 aliphatic heterocycles. The molecule has 1 aromatic rings. The van der Waals surface area contributed by atoms with E-state index in [-0.39, 0.29) is 0 Å². The predicted molar refractivity (Wildman–Crippen MR) is 56.5 cm³/mol. The second-order valence-electron chi connectivity index (χ2n) is 2.30. The molecule has 5 heteroatoms. The van der Waals surface area contributed by atoms with E-state index in [0.717, 1.165) is 11.8 Å². The minimum Gasteiger partial charge on any atom is -0.378 e. The van der Waals surface area contributed by atoms with E-state index in [1.807, 2.05) is 12.1 Å². The molecule has 0 atom stereocenters. The molecule has 0 saturated carbocycles. The van der Waals surface area contributed by atoms with Crippen LogP contribution in [-0.4, -0.2) is 15.2 Å². The monoisotopic (exact) mass is 194 g/mol. The summed E-state index contributed by atoms with van der Waals surface area (Å²) in [5, 5.41) is 7.93. The number of nitrogens with one attached hydrogen (secondary N) is 1. The largest absolute Gasteiger partial charge is 0.378 e. The highest BCUT2D eigenvalue weighted by Gasteiger charge is 1.96. The van der Waals surface area contributed by atoms with Crippen molar-refractivity contribution in [2.24, 2.45) is 10.7 Å². The van der Waals surface area contributed by atoms with Gasteiger partial charge in [-0.25, -0.2) is 9.98 Å². The molecule has 0 spiro atoms. The molecular formula is C8H10N4S. The molecule has 1 heterocycles. The average Bonchev–Trinajstić information content (AvgIpc) is 2.04. The number of aromatic nitrogens is 1. The van der Waals surface area contributed by atoms with Crippen molar-refractivity contribution in [2.45, 2.75) is 6.92 Å². The van der Waals surface area contributed by atoms with Crippen LogP contribution in [0.4, 0.5) is 5.82 Å². The number of rotatable bonds is 1. The van der Waals surface area contributed by atoms with Gasteiger partial charge in [-0.15, -0.1) is 0 Å². The molecule has 0 aliphatic carbocycles. The summed E-state index contributed by atoms with van der Waals surface area (Å²) in [6.07, 6.45) is 1.65. The van der Waals surface area contributed by atoms with Gasteiger partial charge in [0.15, 0.2) is 11.0 Å². The molecule has 68 valence electrons. The van der Waals surface area contributed by atoms with Crippen LogP contribution in [0.25, 0.3) is 0 Å². The van der Waals surface area contributed by atoms with Crippen molar-refractivity contribution in [2.75, 3.05) is 0 Å². The Hall–Kier alpha value is -1.36. The molecule has 0 aliphatic rings. The van der Waals surface area contributed by atoms with Crippen molar-refractivity contribution in [1.82, 2.24) is 4.98 Å². The number of pyridine rings is 1. The van der Waals surface area contributed by atoms with E-state index in [1.54, 1.807) is 19.2 Å². The molecule has 13 heavy (non-hydrogen) atoms. The lowest BCUT2D eigenvalue weighted by Crippen LogP contribution is -2.07. The molecule has 4 nitrogen and oxygen atoms in total. The van der Waals surface area contributed by atoms with Gasteiger partial charge in [-0.1, -0.05) is 6.07 Å². The fourth-order valence-corrected chi connectivity index (χ4v) is 1.17. The molecule has 0 amide bonds. The average molecular weight is 194 g/mol. The normalized spacial score (nSPS) is 11.3. The molecule has 1 rings (SSSR count). The van der Waals surface area contributed by atoms with E-state index in [2.05, 4.69) is 9.98 Å². The zero-order chi connectivity index (χ0) is 9.68. The third-order valence-corrected chi connectivity index (χ3v) is 1.74. The number of thioether (sulfide) groups is 1. The van der Waals surface area contributed by atoms with Gasteiger partial charge in [-0.2, -0.15) is 0 Å². The number of amidine groups is 1. The van der Waals surface area contributed by atoms with Crippen LogP contribution in [0.1, 0.15) is 6.92 Å². The Morgan fingerprint density at radius 2 is 2.38 bits per heavy atom.